The van der Waals surface area contributed by atoms with Gasteiger partial charge in [-0.3, -0.25) is 4.79 Å². The van der Waals surface area contributed by atoms with Crippen molar-refractivity contribution in [3.8, 4) is 6.07 Å². The Kier molecular flexibility index (Phi) is 6.04. The van der Waals surface area contributed by atoms with E-state index in [-0.39, 0.29) is 11.8 Å². The fourth-order valence-electron chi connectivity index (χ4n) is 2.03. The van der Waals surface area contributed by atoms with Crippen LogP contribution in [0.25, 0.3) is 0 Å². The van der Waals surface area contributed by atoms with Crippen molar-refractivity contribution < 1.29 is 4.79 Å². The van der Waals surface area contributed by atoms with Gasteiger partial charge in [-0.1, -0.05) is 26.7 Å². The van der Waals surface area contributed by atoms with E-state index < -0.39 is 0 Å². The predicted molar refractivity (Wildman–Crippen MR) is 80.4 cm³/mol. The van der Waals surface area contributed by atoms with Crippen LogP contribution in [0.5, 0.6) is 0 Å². The lowest BCUT2D eigenvalue weighted by Crippen LogP contribution is -2.22. The Bertz CT molecular complexity index is 485. The van der Waals surface area contributed by atoms with Gasteiger partial charge in [-0.25, -0.2) is 0 Å². The number of rotatable bonds is 6. The van der Waals surface area contributed by atoms with E-state index in [1.807, 2.05) is 20.8 Å². The summed E-state index contributed by atoms with van der Waals surface area (Å²) in [5, 5.41) is 12.8. The maximum atomic E-state index is 12.2. The summed E-state index contributed by atoms with van der Waals surface area (Å²) >= 11 is 1.49. The van der Waals surface area contributed by atoms with Crippen LogP contribution in [-0.2, 0) is 4.79 Å². The molecular weight excluding hydrogens is 256 g/mol. The Labute approximate surface area is 119 Å². The molecule has 0 aliphatic rings. The second-order valence-corrected chi connectivity index (χ2v) is 6.06. The molecule has 0 aliphatic carbocycles. The summed E-state index contributed by atoms with van der Waals surface area (Å²) in [4.78, 5) is 13.3. The molecule has 1 heterocycles. The lowest BCUT2D eigenvalue weighted by atomic mass is 9.98. The molecule has 0 saturated carbocycles. The molecule has 0 fully saturated rings. The predicted octanol–water partition coefficient (Wildman–Crippen LogP) is 4.39. The van der Waals surface area contributed by atoms with Gasteiger partial charge in [-0.15, -0.1) is 11.3 Å². The van der Waals surface area contributed by atoms with Crippen molar-refractivity contribution in [1.29, 1.82) is 5.26 Å². The highest BCUT2D eigenvalue weighted by Crippen LogP contribution is 2.32. The number of thiophene rings is 1. The van der Waals surface area contributed by atoms with Crippen LogP contribution < -0.4 is 5.32 Å². The van der Waals surface area contributed by atoms with Gasteiger partial charge in [0.25, 0.3) is 0 Å². The minimum Gasteiger partial charge on any atom is -0.316 e. The van der Waals surface area contributed by atoms with Crippen LogP contribution in [0.4, 0.5) is 5.00 Å². The zero-order valence-electron chi connectivity index (χ0n) is 12.2. The average Bonchev–Trinajstić information content (AvgIpc) is 2.65. The SMILES string of the molecule is CCCC[C@@H](CC)C(=O)Nc1sc(C)c(C)c1C#N. The lowest BCUT2D eigenvalue weighted by Gasteiger charge is -2.13. The normalized spacial score (nSPS) is 11.9. The Hall–Kier alpha value is -1.34. The fraction of sp³-hybridized carbons (Fsp3) is 0.600. The van der Waals surface area contributed by atoms with E-state index in [9.17, 15) is 4.79 Å². The van der Waals surface area contributed by atoms with Gasteiger partial charge >= 0.3 is 0 Å². The summed E-state index contributed by atoms with van der Waals surface area (Å²) < 4.78 is 0. The first-order valence-corrected chi connectivity index (χ1v) is 7.67. The first-order valence-electron chi connectivity index (χ1n) is 6.86. The standard InChI is InChI=1S/C15H22N2OS/c1-5-7-8-12(6-2)14(18)17-15-13(9-16)10(3)11(4)19-15/h12H,5-8H2,1-4H3,(H,17,18)/t12-/m1/s1. The van der Waals surface area contributed by atoms with Crippen molar-refractivity contribution >= 4 is 22.2 Å². The number of carbonyl (C=O) groups excluding carboxylic acids is 1. The van der Waals surface area contributed by atoms with Crippen molar-refractivity contribution in [1.82, 2.24) is 0 Å². The van der Waals surface area contributed by atoms with Crippen LogP contribution in [0.2, 0.25) is 0 Å². The van der Waals surface area contributed by atoms with Gasteiger partial charge < -0.3 is 5.32 Å². The summed E-state index contributed by atoms with van der Waals surface area (Å²) in [5.74, 6) is 0.0999. The van der Waals surface area contributed by atoms with Gasteiger partial charge in [0.05, 0.1) is 5.56 Å². The van der Waals surface area contributed by atoms with Crippen LogP contribution in [0.1, 0.15) is 55.5 Å². The molecule has 0 spiro atoms. The smallest absolute Gasteiger partial charge is 0.228 e. The first kappa shape index (κ1) is 15.7. The Balaban J connectivity index is 2.81. The fourth-order valence-corrected chi connectivity index (χ4v) is 3.05. The van der Waals surface area contributed by atoms with Crippen LogP contribution in [0, 0.1) is 31.1 Å². The Morgan fingerprint density at radius 3 is 2.63 bits per heavy atom. The molecule has 0 saturated heterocycles. The van der Waals surface area contributed by atoms with Gasteiger partial charge in [-0.05, 0) is 32.3 Å². The second-order valence-electron chi connectivity index (χ2n) is 4.84. The van der Waals surface area contributed by atoms with Gasteiger partial charge in [0.1, 0.15) is 11.1 Å². The molecule has 1 aromatic heterocycles. The van der Waals surface area contributed by atoms with Crippen molar-refractivity contribution in [2.75, 3.05) is 5.32 Å². The first-order chi connectivity index (χ1) is 9.04. The summed E-state index contributed by atoms with van der Waals surface area (Å²) in [6.07, 6.45) is 3.94. The number of amides is 1. The van der Waals surface area contributed by atoms with Crippen molar-refractivity contribution in [2.24, 2.45) is 5.92 Å². The number of carbonyl (C=O) groups is 1. The molecule has 19 heavy (non-hydrogen) atoms. The zero-order valence-corrected chi connectivity index (χ0v) is 13.0. The zero-order chi connectivity index (χ0) is 14.4. The number of anilines is 1. The molecule has 0 aromatic carbocycles. The van der Waals surface area contributed by atoms with Crippen molar-refractivity contribution in [2.45, 2.75) is 53.4 Å². The van der Waals surface area contributed by atoms with Crippen LogP contribution in [0.15, 0.2) is 0 Å². The highest BCUT2D eigenvalue weighted by atomic mass is 32.1. The Morgan fingerprint density at radius 1 is 1.42 bits per heavy atom. The molecule has 4 heteroatoms. The summed E-state index contributed by atoms with van der Waals surface area (Å²) in [6, 6.07) is 2.19. The summed E-state index contributed by atoms with van der Waals surface area (Å²) in [5.41, 5.74) is 1.59. The number of nitrogens with zero attached hydrogens (tertiary/aromatic N) is 1. The van der Waals surface area contributed by atoms with Gasteiger partial charge in [0.2, 0.25) is 5.91 Å². The highest BCUT2D eigenvalue weighted by molar-refractivity contribution is 7.16. The maximum absolute atomic E-state index is 12.2. The van der Waals surface area contributed by atoms with Crippen LogP contribution in [0.3, 0.4) is 0 Å². The second kappa shape index (κ2) is 7.30. The van der Waals surface area contributed by atoms with Crippen molar-refractivity contribution in [3.05, 3.63) is 16.0 Å². The summed E-state index contributed by atoms with van der Waals surface area (Å²) in [7, 11) is 0. The molecule has 0 bridgehead atoms. The molecule has 0 aliphatic heterocycles. The molecule has 1 atom stereocenters. The number of hydrogen-bond donors (Lipinski definition) is 1. The van der Waals surface area contributed by atoms with Crippen LogP contribution >= 0.6 is 11.3 Å². The third-order valence-electron chi connectivity index (χ3n) is 3.50. The van der Waals surface area contributed by atoms with Gasteiger partial charge in [-0.2, -0.15) is 5.26 Å². The molecule has 1 rings (SSSR count). The molecule has 3 nitrogen and oxygen atoms in total. The molecular formula is C15H22N2OS. The lowest BCUT2D eigenvalue weighted by molar-refractivity contribution is -0.120. The van der Waals surface area contributed by atoms with E-state index in [1.165, 1.54) is 11.3 Å². The highest BCUT2D eigenvalue weighted by Gasteiger charge is 2.19. The van der Waals surface area contributed by atoms with E-state index >= 15 is 0 Å². The van der Waals surface area contributed by atoms with E-state index in [0.29, 0.717) is 10.6 Å². The summed E-state index contributed by atoms with van der Waals surface area (Å²) in [6.45, 7) is 8.07. The van der Waals surface area contributed by atoms with E-state index in [2.05, 4.69) is 18.3 Å². The number of aryl methyl sites for hydroxylation is 1. The topological polar surface area (TPSA) is 52.9 Å². The molecule has 0 unspecified atom stereocenters. The number of nitriles is 1. The monoisotopic (exact) mass is 278 g/mol. The van der Waals surface area contributed by atoms with E-state index in [0.717, 1.165) is 36.1 Å². The minimum atomic E-state index is 0.0497. The Morgan fingerprint density at radius 2 is 2.11 bits per heavy atom. The molecule has 104 valence electrons. The maximum Gasteiger partial charge on any atom is 0.228 e. The number of nitrogens with one attached hydrogen (secondary N) is 1. The minimum absolute atomic E-state index is 0.0497. The van der Waals surface area contributed by atoms with E-state index in [4.69, 9.17) is 5.26 Å². The van der Waals surface area contributed by atoms with Gasteiger partial charge in [0, 0.05) is 10.8 Å². The quantitative estimate of drug-likeness (QED) is 0.839. The molecule has 0 radical (unpaired) electrons. The molecule has 1 amide bonds. The molecule has 1 aromatic rings. The van der Waals surface area contributed by atoms with E-state index in [1.54, 1.807) is 0 Å². The number of hydrogen-bond acceptors (Lipinski definition) is 3. The number of unbranched alkanes of at least 4 members (excludes halogenated alkanes) is 1. The van der Waals surface area contributed by atoms with Crippen LogP contribution in [-0.4, -0.2) is 5.91 Å². The third kappa shape index (κ3) is 3.81. The van der Waals surface area contributed by atoms with Gasteiger partial charge in [0.15, 0.2) is 0 Å². The largest absolute Gasteiger partial charge is 0.316 e. The average molecular weight is 278 g/mol. The molecule has 1 N–H and O–H groups in total. The third-order valence-corrected chi connectivity index (χ3v) is 4.63. The van der Waals surface area contributed by atoms with Crippen molar-refractivity contribution in [3.63, 3.8) is 0 Å².